The van der Waals surface area contributed by atoms with Crippen LogP contribution in [0.25, 0.3) is 6.08 Å². The molecular formula is C20H19NO6. The molecule has 1 aliphatic heterocycles. The van der Waals surface area contributed by atoms with Gasteiger partial charge in [-0.25, -0.2) is 4.79 Å². The Balaban J connectivity index is 2.04. The van der Waals surface area contributed by atoms with Crippen molar-refractivity contribution in [2.75, 3.05) is 14.2 Å². The van der Waals surface area contributed by atoms with Crippen LogP contribution in [-0.2, 0) is 20.9 Å². The number of amides is 1. The number of benzene rings is 1. The van der Waals surface area contributed by atoms with Gasteiger partial charge in [0.1, 0.15) is 5.76 Å². The standard InChI is InChI=1S/C20H19NO6/c1-12-18(20(24)26-3)15(9-13-6-7-16(22)17(10-13)25-2)19(23)21(12)11-14-5-4-8-27-14/h4-10,22H,11H2,1-3H3/b15-9-. The maximum absolute atomic E-state index is 13.0. The summed E-state index contributed by atoms with van der Waals surface area (Å²) in [7, 11) is 2.70. The van der Waals surface area contributed by atoms with Crippen LogP contribution in [0.1, 0.15) is 18.2 Å². The van der Waals surface area contributed by atoms with E-state index >= 15 is 0 Å². The predicted molar refractivity (Wildman–Crippen MR) is 96.6 cm³/mol. The van der Waals surface area contributed by atoms with E-state index < -0.39 is 5.97 Å². The van der Waals surface area contributed by atoms with Crippen LogP contribution in [0.3, 0.4) is 0 Å². The summed E-state index contributed by atoms with van der Waals surface area (Å²) in [5.41, 5.74) is 1.49. The molecule has 0 saturated carbocycles. The van der Waals surface area contributed by atoms with E-state index in [4.69, 9.17) is 13.9 Å². The molecule has 7 nitrogen and oxygen atoms in total. The zero-order valence-corrected chi connectivity index (χ0v) is 15.2. The first-order valence-corrected chi connectivity index (χ1v) is 8.18. The number of esters is 1. The normalized spacial score (nSPS) is 15.6. The SMILES string of the molecule is COC(=O)C1=C(C)N(Cc2ccco2)C(=O)/C1=C\c1ccc(O)c(OC)c1. The van der Waals surface area contributed by atoms with E-state index in [1.54, 1.807) is 37.3 Å². The number of carbonyl (C=O) groups excluding carboxylic acids is 2. The van der Waals surface area contributed by atoms with Gasteiger partial charge >= 0.3 is 5.97 Å². The minimum atomic E-state index is -0.597. The molecule has 1 aromatic heterocycles. The van der Waals surface area contributed by atoms with Crippen molar-refractivity contribution in [2.24, 2.45) is 0 Å². The Morgan fingerprint density at radius 2 is 2.07 bits per heavy atom. The molecule has 0 bridgehead atoms. The first-order valence-electron chi connectivity index (χ1n) is 8.18. The fraction of sp³-hybridized carbons (Fsp3) is 0.200. The van der Waals surface area contributed by atoms with Gasteiger partial charge in [-0.05, 0) is 42.8 Å². The van der Waals surface area contributed by atoms with Gasteiger partial charge in [-0.1, -0.05) is 6.07 Å². The Morgan fingerprint density at radius 3 is 2.70 bits per heavy atom. The highest BCUT2D eigenvalue weighted by Crippen LogP contribution is 2.34. The summed E-state index contributed by atoms with van der Waals surface area (Å²) in [5.74, 6) is -0.0880. The van der Waals surface area contributed by atoms with E-state index in [1.807, 2.05) is 0 Å². The Morgan fingerprint density at radius 1 is 1.30 bits per heavy atom. The van der Waals surface area contributed by atoms with Crippen molar-refractivity contribution in [3.63, 3.8) is 0 Å². The zero-order chi connectivity index (χ0) is 19.6. The van der Waals surface area contributed by atoms with Crippen LogP contribution < -0.4 is 4.74 Å². The van der Waals surface area contributed by atoms with Crippen LogP contribution in [-0.4, -0.2) is 36.1 Å². The van der Waals surface area contributed by atoms with Crippen molar-refractivity contribution in [3.8, 4) is 11.5 Å². The summed E-state index contributed by atoms with van der Waals surface area (Å²) in [4.78, 5) is 26.8. The molecule has 3 rings (SSSR count). The second-order valence-electron chi connectivity index (χ2n) is 5.91. The molecule has 0 fully saturated rings. The largest absolute Gasteiger partial charge is 0.504 e. The molecule has 1 aliphatic rings. The quantitative estimate of drug-likeness (QED) is 0.644. The summed E-state index contributed by atoms with van der Waals surface area (Å²) in [6, 6.07) is 8.15. The van der Waals surface area contributed by atoms with Gasteiger partial charge in [0.25, 0.3) is 5.91 Å². The fourth-order valence-corrected chi connectivity index (χ4v) is 2.93. The number of methoxy groups -OCH3 is 2. The Kier molecular flexibility index (Phi) is 5.03. The molecule has 2 aromatic rings. The van der Waals surface area contributed by atoms with Crippen molar-refractivity contribution < 1.29 is 28.6 Å². The summed E-state index contributed by atoms with van der Waals surface area (Å²) >= 11 is 0. The van der Waals surface area contributed by atoms with E-state index in [0.717, 1.165) is 0 Å². The lowest BCUT2D eigenvalue weighted by Gasteiger charge is -2.16. The van der Waals surface area contributed by atoms with Gasteiger partial charge in [0.05, 0.1) is 38.2 Å². The monoisotopic (exact) mass is 369 g/mol. The topological polar surface area (TPSA) is 89.2 Å². The second-order valence-corrected chi connectivity index (χ2v) is 5.91. The average molecular weight is 369 g/mol. The predicted octanol–water partition coefficient (Wildman–Crippen LogP) is 2.87. The number of phenolic OH excluding ortho intramolecular Hbond substituents is 1. The molecule has 0 atom stereocenters. The van der Waals surface area contributed by atoms with Crippen LogP contribution in [0.5, 0.6) is 11.5 Å². The van der Waals surface area contributed by atoms with Crippen molar-refractivity contribution in [1.82, 2.24) is 4.90 Å². The lowest BCUT2D eigenvalue weighted by Crippen LogP contribution is -2.24. The highest BCUT2D eigenvalue weighted by molar-refractivity contribution is 6.16. The maximum atomic E-state index is 13.0. The number of nitrogens with zero attached hydrogens (tertiary/aromatic N) is 1. The van der Waals surface area contributed by atoms with E-state index in [1.165, 1.54) is 31.4 Å². The van der Waals surface area contributed by atoms with Crippen LogP contribution >= 0.6 is 0 Å². The lowest BCUT2D eigenvalue weighted by molar-refractivity contribution is -0.136. The molecular weight excluding hydrogens is 350 g/mol. The third-order valence-corrected chi connectivity index (χ3v) is 4.31. The molecule has 1 amide bonds. The summed E-state index contributed by atoms with van der Waals surface area (Å²) in [6.07, 6.45) is 3.10. The van der Waals surface area contributed by atoms with Gasteiger partial charge in [-0.3, -0.25) is 4.79 Å². The maximum Gasteiger partial charge on any atom is 0.340 e. The van der Waals surface area contributed by atoms with Crippen molar-refractivity contribution >= 4 is 18.0 Å². The number of aromatic hydroxyl groups is 1. The Hall–Kier alpha value is -3.48. The zero-order valence-electron chi connectivity index (χ0n) is 15.2. The Bertz CT molecular complexity index is 939. The number of phenols is 1. The number of allylic oxidation sites excluding steroid dienone is 1. The van der Waals surface area contributed by atoms with Gasteiger partial charge < -0.3 is 23.9 Å². The third kappa shape index (κ3) is 3.44. The van der Waals surface area contributed by atoms with Gasteiger partial charge in [0.2, 0.25) is 0 Å². The first-order chi connectivity index (χ1) is 13.0. The number of hydrogen-bond acceptors (Lipinski definition) is 6. The summed E-state index contributed by atoms with van der Waals surface area (Å²) < 4.78 is 15.3. The molecule has 0 unspecified atom stereocenters. The molecule has 7 heteroatoms. The van der Waals surface area contributed by atoms with Crippen molar-refractivity contribution in [1.29, 1.82) is 0 Å². The van der Waals surface area contributed by atoms with E-state index in [-0.39, 0.29) is 35.1 Å². The van der Waals surface area contributed by atoms with Gasteiger partial charge in [-0.15, -0.1) is 0 Å². The minimum Gasteiger partial charge on any atom is -0.504 e. The number of hydrogen-bond donors (Lipinski definition) is 1. The fourth-order valence-electron chi connectivity index (χ4n) is 2.93. The number of furan rings is 1. The van der Waals surface area contributed by atoms with Crippen molar-refractivity contribution in [3.05, 3.63) is 64.8 Å². The van der Waals surface area contributed by atoms with Crippen LogP contribution in [0.4, 0.5) is 0 Å². The molecule has 27 heavy (non-hydrogen) atoms. The summed E-state index contributed by atoms with van der Waals surface area (Å²) in [6.45, 7) is 1.89. The summed E-state index contributed by atoms with van der Waals surface area (Å²) in [5, 5.41) is 9.74. The number of ether oxygens (including phenoxy) is 2. The molecule has 1 aromatic carbocycles. The molecule has 0 spiro atoms. The van der Waals surface area contributed by atoms with E-state index in [2.05, 4.69) is 0 Å². The van der Waals surface area contributed by atoms with E-state index in [9.17, 15) is 14.7 Å². The van der Waals surface area contributed by atoms with Gasteiger partial charge in [0, 0.05) is 5.70 Å². The number of rotatable bonds is 5. The second kappa shape index (κ2) is 7.41. The highest BCUT2D eigenvalue weighted by atomic mass is 16.5. The molecule has 0 aliphatic carbocycles. The molecule has 1 N–H and O–H groups in total. The number of carbonyl (C=O) groups is 2. The first kappa shape index (κ1) is 18.3. The molecule has 2 heterocycles. The van der Waals surface area contributed by atoms with Crippen LogP contribution in [0.15, 0.2) is 57.9 Å². The average Bonchev–Trinajstić information content (AvgIpc) is 3.26. The molecule has 0 saturated heterocycles. The van der Waals surface area contributed by atoms with Crippen LogP contribution in [0, 0.1) is 0 Å². The third-order valence-electron chi connectivity index (χ3n) is 4.31. The van der Waals surface area contributed by atoms with Crippen molar-refractivity contribution in [2.45, 2.75) is 13.5 Å². The highest BCUT2D eigenvalue weighted by Gasteiger charge is 2.37. The van der Waals surface area contributed by atoms with E-state index in [0.29, 0.717) is 17.0 Å². The minimum absolute atomic E-state index is 0.0169. The van der Waals surface area contributed by atoms with Gasteiger partial charge in [-0.2, -0.15) is 0 Å². The smallest absolute Gasteiger partial charge is 0.340 e. The van der Waals surface area contributed by atoms with Crippen LogP contribution in [0.2, 0.25) is 0 Å². The molecule has 140 valence electrons. The molecule has 0 radical (unpaired) electrons. The Labute approximate surface area is 156 Å². The lowest BCUT2D eigenvalue weighted by atomic mass is 10.0. The van der Waals surface area contributed by atoms with Gasteiger partial charge in [0.15, 0.2) is 11.5 Å².